The predicted molar refractivity (Wildman–Crippen MR) is 56.0 cm³/mol. The molecule has 0 spiro atoms. The van der Waals surface area contributed by atoms with E-state index >= 15 is 0 Å². The van der Waals surface area contributed by atoms with Crippen molar-refractivity contribution in [2.45, 2.75) is 0 Å². The molecule has 0 unspecified atom stereocenters. The first kappa shape index (κ1) is 7.50. The van der Waals surface area contributed by atoms with Crippen LogP contribution in [0.2, 0.25) is 0 Å². The Balaban J connectivity index is 2.34. The number of fused-ring (bicyclic) bond motifs is 3. The first-order valence-corrected chi connectivity index (χ1v) is 4.58. The van der Waals surface area contributed by atoms with Gasteiger partial charge in [0.1, 0.15) is 0 Å². The summed E-state index contributed by atoms with van der Waals surface area (Å²) < 4.78 is 5.50. The fraction of sp³-hybridized carbons (Fsp3) is 0.0909. The van der Waals surface area contributed by atoms with Crippen molar-refractivity contribution in [3.8, 4) is 5.88 Å². The number of H-pyrrole nitrogens is 1. The van der Waals surface area contributed by atoms with E-state index in [1.54, 1.807) is 0 Å². The molecule has 2 N–H and O–H groups in total. The van der Waals surface area contributed by atoms with Crippen molar-refractivity contribution in [3.63, 3.8) is 0 Å². The van der Waals surface area contributed by atoms with Gasteiger partial charge in [-0.15, -0.1) is 0 Å². The maximum absolute atomic E-state index is 5.50. The number of nitrogens with one attached hydrogen (secondary N) is 2. The molecule has 0 fully saturated rings. The zero-order valence-corrected chi connectivity index (χ0v) is 7.58. The summed E-state index contributed by atoms with van der Waals surface area (Å²) in [5.41, 5.74) is 2.23. The monoisotopic (exact) mass is 186 g/mol. The Morgan fingerprint density at radius 3 is 3.14 bits per heavy atom. The third kappa shape index (κ3) is 0.988. The molecule has 0 saturated heterocycles. The van der Waals surface area contributed by atoms with E-state index in [1.165, 1.54) is 5.39 Å². The average molecular weight is 186 g/mol. The average Bonchev–Trinajstić information content (AvgIpc) is 2.42. The van der Waals surface area contributed by atoms with Gasteiger partial charge in [-0.2, -0.15) is 0 Å². The number of aromatic nitrogens is 1. The fourth-order valence-electron chi connectivity index (χ4n) is 1.72. The van der Waals surface area contributed by atoms with Crippen LogP contribution in [0.1, 0.15) is 5.56 Å². The summed E-state index contributed by atoms with van der Waals surface area (Å²) in [6.45, 7) is 0.510. The van der Waals surface area contributed by atoms with Gasteiger partial charge in [-0.3, -0.25) is 0 Å². The quantitative estimate of drug-likeness (QED) is 0.661. The SMILES string of the molecule is C1=Cc2c([nH]c3ccccc23)OCN1. The summed E-state index contributed by atoms with van der Waals surface area (Å²) in [6.07, 6.45) is 3.94. The Bertz CT molecular complexity index is 499. The van der Waals surface area contributed by atoms with Crippen LogP contribution in [0, 0.1) is 0 Å². The normalized spacial score (nSPS) is 14.3. The van der Waals surface area contributed by atoms with Crippen LogP contribution in [-0.2, 0) is 0 Å². The van der Waals surface area contributed by atoms with Crippen molar-refractivity contribution in [2.75, 3.05) is 6.73 Å². The van der Waals surface area contributed by atoms with Crippen LogP contribution in [0.25, 0.3) is 17.0 Å². The molecule has 0 radical (unpaired) electrons. The highest BCUT2D eigenvalue weighted by atomic mass is 16.5. The molecule has 70 valence electrons. The van der Waals surface area contributed by atoms with Crippen LogP contribution < -0.4 is 10.1 Å². The molecule has 1 aliphatic rings. The van der Waals surface area contributed by atoms with Crippen molar-refractivity contribution in [1.82, 2.24) is 10.3 Å². The van der Waals surface area contributed by atoms with Gasteiger partial charge < -0.3 is 15.0 Å². The van der Waals surface area contributed by atoms with Gasteiger partial charge in [-0.05, 0) is 12.1 Å². The molecule has 3 heteroatoms. The van der Waals surface area contributed by atoms with Gasteiger partial charge in [0.25, 0.3) is 0 Å². The van der Waals surface area contributed by atoms with Gasteiger partial charge in [0.05, 0.1) is 0 Å². The minimum atomic E-state index is 0.510. The number of aromatic amines is 1. The van der Waals surface area contributed by atoms with Crippen molar-refractivity contribution >= 4 is 17.0 Å². The molecule has 0 atom stereocenters. The minimum absolute atomic E-state index is 0.510. The Morgan fingerprint density at radius 1 is 1.21 bits per heavy atom. The van der Waals surface area contributed by atoms with Crippen LogP contribution in [0.15, 0.2) is 30.5 Å². The lowest BCUT2D eigenvalue weighted by Crippen LogP contribution is -2.11. The van der Waals surface area contributed by atoms with E-state index in [0.29, 0.717) is 6.73 Å². The van der Waals surface area contributed by atoms with Gasteiger partial charge in [0.2, 0.25) is 5.88 Å². The van der Waals surface area contributed by atoms with Gasteiger partial charge in [0, 0.05) is 22.7 Å². The standard InChI is InChI=1S/C11H10N2O/c1-2-4-10-8(3-1)9-5-6-12-7-14-11(9)13-10/h1-6,12-13H,7H2. The van der Waals surface area contributed by atoms with Gasteiger partial charge in [-0.1, -0.05) is 18.2 Å². The first-order valence-electron chi connectivity index (χ1n) is 4.58. The molecule has 14 heavy (non-hydrogen) atoms. The number of hydrogen-bond acceptors (Lipinski definition) is 2. The predicted octanol–water partition coefficient (Wildman–Crippen LogP) is 2.08. The first-order chi connectivity index (χ1) is 6.95. The summed E-state index contributed by atoms with van der Waals surface area (Å²) in [5.74, 6) is 0.840. The maximum Gasteiger partial charge on any atom is 0.201 e. The molecule has 1 aliphatic heterocycles. The number of benzene rings is 1. The molecule has 1 aromatic heterocycles. The molecule has 3 nitrogen and oxygen atoms in total. The van der Waals surface area contributed by atoms with Crippen molar-refractivity contribution in [1.29, 1.82) is 0 Å². The topological polar surface area (TPSA) is 37.0 Å². The second kappa shape index (κ2) is 2.80. The second-order valence-electron chi connectivity index (χ2n) is 3.24. The lowest BCUT2D eigenvalue weighted by molar-refractivity contribution is 0.296. The minimum Gasteiger partial charge on any atom is -0.458 e. The summed E-state index contributed by atoms with van der Waals surface area (Å²) in [5, 5.41) is 4.22. The Morgan fingerprint density at radius 2 is 2.14 bits per heavy atom. The molecule has 2 aromatic rings. The van der Waals surface area contributed by atoms with Crippen molar-refractivity contribution in [3.05, 3.63) is 36.0 Å². The van der Waals surface area contributed by atoms with Crippen molar-refractivity contribution in [2.24, 2.45) is 0 Å². The van der Waals surface area contributed by atoms with Gasteiger partial charge in [0.15, 0.2) is 6.73 Å². The summed E-state index contributed by atoms with van der Waals surface area (Å²) in [4.78, 5) is 3.24. The third-order valence-electron chi connectivity index (χ3n) is 2.38. The largest absolute Gasteiger partial charge is 0.458 e. The molecule has 0 saturated carbocycles. The van der Waals surface area contributed by atoms with Crippen LogP contribution in [0.4, 0.5) is 0 Å². The van der Waals surface area contributed by atoms with Gasteiger partial charge >= 0.3 is 0 Å². The summed E-state index contributed by atoms with van der Waals surface area (Å²) in [7, 11) is 0. The van der Waals surface area contributed by atoms with Crippen LogP contribution in [-0.4, -0.2) is 11.7 Å². The van der Waals surface area contributed by atoms with E-state index in [4.69, 9.17) is 4.74 Å². The molecule has 0 aliphatic carbocycles. The van der Waals surface area contributed by atoms with Crippen LogP contribution in [0.3, 0.4) is 0 Å². The summed E-state index contributed by atoms with van der Waals surface area (Å²) in [6, 6.07) is 8.18. The third-order valence-corrected chi connectivity index (χ3v) is 2.38. The van der Waals surface area contributed by atoms with E-state index < -0.39 is 0 Å². The van der Waals surface area contributed by atoms with Crippen molar-refractivity contribution < 1.29 is 4.74 Å². The molecular weight excluding hydrogens is 176 g/mol. The molecular formula is C11H10N2O. The molecule has 0 bridgehead atoms. The zero-order valence-electron chi connectivity index (χ0n) is 7.58. The molecule has 3 rings (SSSR count). The Kier molecular flexibility index (Phi) is 1.50. The number of ether oxygens (including phenoxy) is 1. The summed E-state index contributed by atoms with van der Waals surface area (Å²) >= 11 is 0. The van der Waals surface area contributed by atoms with E-state index in [0.717, 1.165) is 17.0 Å². The van der Waals surface area contributed by atoms with E-state index in [-0.39, 0.29) is 0 Å². The molecule has 1 aromatic carbocycles. The Labute approximate surface area is 81.4 Å². The zero-order chi connectivity index (χ0) is 9.38. The highest BCUT2D eigenvalue weighted by Crippen LogP contribution is 2.29. The van der Waals surface area contributed by atoms with Crippen LogP contribution >= 0.6 is 0 Å². The smallest absolute Gasteiger partial charge is 0.201 e. The lowest BCUT2D eigenvalue weighted by Gasteiger charge is -2.00. The van der Waals surface area contributed by atoms with E-state index in [9.17, 15) is 0 Å². The van der Waals surface area contributed by atoms with Gasteiger partial charge in [-0.25, -0.2) is 0 Å². The Hall–Kier alpha value is -1.90. The van der Waals surface area contributed by atoms with E-state index in [2.05, 4.69) is 22.4 Å². The second-order valence-corrected chi connectivity index (χ2v) is 3.24. The number of para-hydroxylation sites is 1. The molecule has 2 heterocycles. The number of hydrogen-bond donors (Lipinski definition) is 2. The lowest BCUT2D eigenvalue weighted by atomic mass is 10.2. The highest BCUT2D eigenvalue weighted by Gasteiger charge is 2.10. The van der Waals surface area contributed by atoms with E-state index in [1.807, 2.05) is 24.4 Å². The maximum atomic E-state index is 5.50. The highest BCUT2D eigenvalue weighted by molar-refractivity contribution is 5.91. The molecule has 0 amide bonds. The van der Waals surface area contributed by atoms with Crippen LogP contribution in [0.5, 0.6) is 5.88 Å². The number of rotatable bonds is 0. The fourth-order valence-corrected chi connectivity index (χ4v) is 1.72.